The van der Waals surface area contributed by atoms with E-state index in [-0.39, 0.29) is 34.6 Å². The number of ether oxygens (including phenoxy) is 1. The van der Waals surface area contributed by atoms with Crippen molar-refractivity contribution in [3.05, 3.63) is 47.5 Å². The minimum absolute atomic E-state index is 0.0211. The molecule has 4 heteroatoms. The third-order valence-corrected chi connectivity index (χ3v) is 9.03. The van der Waals surface area contributed by atoms with Gasteiger partial charge in [-0.15, -0.1) is 0 Å². The summed E-state index contributed by atoms with van der Waals surface area (Å²) >= 11 is 0. The van der Waals surface area contributed by atoms with Crippen LogP contribution in [0, 0.1) is 28.6 Å². The smallest absolute Gasteiger partial charge is 0.338 e. The zero-order valence-corrected chi connectivity index (χ0v) is 17.9. The van der Waals surface area contributed by atoms with E-state index in [1.165, 1.54) is 5.57 Å². The van der Waals surface area contributed by atoms with E-state index in [1.807, 2.05) is 24.3 Å². The van der Waals surface area contributed by atoms with Gasteiger partial charge in [0.25, 0.3) is 0 Å². The fourth-order valence-corrected chi connectivity index (χ4v) is 7.53. The van der Waals surface area contributed by atoms with Crippen molar-refractivity contribution >= 4 is 11.8 Å². The number of ketones is 1. The number of hydrogen-bond donors (Lipinski definition) is 0. The van der Waals surface area contributed by atoms with Gasteiger partial charge >= 0.3 is 5.97 Å². The summed E-state index contributed by atoms with van der Waals surface area (Å²) in [5, 5.41) is 0. The van der Waals surface area contributed by atoms with Gasteiger partial charge in [-0.2, -0.15) is 0 Å². The highest BCUT2D eigenvalue weighted by molar-refractivity contribution is 5.91. The molecule has 0 N–H and O–H groups in total. The Kier molecular flexibility index (Phi) is 4.68. The summed E-state index contributed by atoms with van der Waals surface area (Å²) < 4.78 is 21.9. The van der Waals surface area contributed by atoms with Crippen molar-refractivity contribution in [1.29, 1.82) is 0 Å². The van der Waals surface area contributed by atoms with Gasteiger partial charge < -0.3 is 4.74 Å². The Bertz CT molecular complexity index is 893. The number of carbonyl (C=O) groups is 2. The molecule has 1 aromatic rings. The second-order valence-corrected chi connectivity index (χ2v) is 10.5. The van der Waals surface area contributed by atoms with E-state index in [4.69, 9.17) is 4.74 Å². The summed E-state index contributed by atoms with van der Waals surface area (Å²) in [5.74, 6) is 0.554. The third-order valence-electron chi connectivity index (χ3n) is 9.03. The lowest BCUT2D eigenvalue weighted by Crippen LogP contribution is -2.56. The van der Waals surface area contributed by atoms with E-state index >= 15 is 4.39 Å². The molecule has 0 aromatic heterocycles. The van der Waals surface area contributed by atoms with Crippen LogP contribution >= 0.6 is 0 Å². The van der Waals surface area contributed by atoms with Gasteiger partial charge in [0.05, 0.1) is 5.56 Å². The predicted octanol–water partition coefficient (Wildman–Crippen LogP) is 5.69. The number of alkyl halides is 1. The van der Waals surface area contributed by atoms with Crippen molar-refractivity contribution in [2.75, 3.05) is 0 Å². The van der Waals surface area contributed by atoms with Gasteiger partial charge in [0, 0.05) is 17.8 Å². The molecule has 30 heavy (non-hydrogen) atoms. The maximum absolute atomic E-state index is 15.9. The topological polar surface area (TPSA) is 43.4 Å². The molecule has 4 aliphatic carbocycles. The minimum Gasteiger partial charge on any atom is -0.458 e. The van der Waals surface area contributed by atoms with Gasteiger partial charge in [0.1, 0.15) is 12.3 Å². The Morgan fingerprint density at radius 2 is 1.87 bits per heavy atom. The Labute approximate surface area is 178 Å². The molecule has 160 valence electrons. The number of allylic oxidation sites excluding steroid dienone is 1. The maximum atomic E-state index is 15.9. The summed E-state index contributed by atoms with van der Waals surface area (Å²) in [4.78, 5) is 24.7. The molecule has 3 fully saturated rings. The summed E-state index contributed by atoms with van der Waals surface area (Å²) in [5.41, 5.74) is 1.22. The van der Waals surface area contributed by atoms with Crippen LogP contribution < -0.4 is 0 Å². The van der Waals surface area contributed by atoms with Crippen LogP contribution in [0.3, 0.4) is 0 Å². The Morgan fingerprint density at radius 1 is 1.10 bits per heavy atom. The van der Waals surface area contributed by atoms with Gasteiger partial charge in [-0.05, 0) is 74.0 Å². The number of benzene rings is 1. The van der Waals surface area contributed by atoms with Crippen molar-refractivity contribution in [1.82, 2.24) is 0 Å². The normalized spacial score (nSPS) is 42.6. The molecule has 3 nitrogen and oxygen atoms in total. The first kappa shape index (κ1) is 20.0. The van der Waals surface area contributed by atoms with Crippen LogP contribution in [0.2, 0.25) is 0 Å². The summed E-state index contributed by atoms with van der Waals surface area (Å²) in [6.07, 6.45) is 6.07. The van der Waals surface area contributed by atoms with Crippen LogP contribution in [0.15, 0.2) is 42.0 Å². The van der Waals surface area contributed by atoms with Crippen molar-refractivity contribution in [3.8, 4) is 0 Å². The average Bonchev–Trinajstić information content (AvgIpc) is 3.04. The third kappa shape index (κ3) is 2.90. The number of rotatable bonds is 2. The van der Waals surface area contributed by atoms with Crippen molar-refractivity contribution in [2.45, 2.75) is 71.1 Å². The standard InChI is InChI=1S/C26H31FO3/c1-25-13-12-18(28)14-17(25)8-9-19-20-10-11-22(26(20,2)15-21(27)23(19)25)30-24(29)16-6-4-3-5-7-16/h3-7,14,19-23H,8-13,15H2,1-2H3/t19-,20-,21?,22?,23-,25-,26-/m0/s1. The highest BCUT2D eigenvalue weighted by Gasteiger charge is 2.63. The van der Waals surface area contributed by atoms with Gasteiger partial charge in [-0.3, -0.25) is 4.79 Å². The van der Waals surface area contributed by atoms with Crippen LogP contribution in [-0.2, 0) is 9.53 Å². The number of esters is 1. The summed E-state index contributed by atoms with van der Waals surface area (Å²) in [6.45, 7) is 4.34. The number of hydrogen-bond acceptors (Lipinski definition) is 3. The molecule has 5 rings (SSSR count). The van der Waals surface area contributed by atoms with E-state index in [2.05, 4.69) is 13.8 Å². The Morgan fingerprint density at radius 3 is 2.63 bits per heavy atom. The van der Waals surface area contributed by atoms with E-state index in [0.717, 1.165) is 32.1 Å². The van der Waals surface area contributed by atoms with E-state index in [1.54, 1.807) is 12.1 Å². The quantitative estimate of drug-likeness (QED) is 0.588. The van der Waals surface area contributed by atoms with Gasteiger partial charge in [0.15, 0.2) is 5.78 Å². The molecule has 0 saturated heterocycles. The second kappa shape index (κ2) is 7.03. The monoisotopic (exact) mass is 410 g/mol. The molecule has 0 bridgehead atoms. The summed E-state index contributed by atoms with van der Waals surface area (Å²) in [7, 11) is 0. The van der Waals surface area contributed by atoms with E-state index in [0.29, 0.717) is 30.2 Å². The van der Waals surface area contributed by atoms with Crippen LogP contribution in [-0.4, -0.2) is 24.0 Å². The molecule has 0 amide bonds. The zero-order chi connectivity index (χ0) is 21.1. The van der Waals surface area contributed by atoms with Crippen molar-refractivity contribution in [3.63, 3.8) is 0 Å². The number of carbonyl (C=O) groups excluding carboxylic acids is 2. The maximum Gasteiger partial charge on any atom is 0.338 e. The minimum atomic E-state index is -0.922. The molecule has 0 radical (unpaired) electrons. The van der Waals surface area contributed by atoms with Gasteiger partial charge in [-0.1, -0.05) is 37.6 Å². The van der Waals surface area contributed by atoms with Gasteiger partial charge in [-0.25, -0.2) is 9.18 Å². The second-order valence-electron chi connectivity index (χ2n) is 10.5. The highest BCUT2D eigenvalue weighted by Crippen LogP contribution is 2.66. The first-order valence-corrected chi connectivity index (χ1v) is 11.5. The largest absolute Gasteiger partial charge is 0.458 e. The first-order valence-electron chi connectivity index (χ1n) is 11.5. The fourth-order valence-electron chi connectivity index (χ4n) is 7.53. The Hall–Kier alpha value is -1.97. The van der Waals surface area contributed by atoms with Crippen LogP contribution in [0.1, 0.15) is 69.2 Å². The lowest BCUT2D eigenvalue weighted by Gasteiger charge is -2.58. The molecule has 2 unspecified atom stereocenters. The molecule has 7 atom stereocenters. The van der Waals surface area contributed by atoms with E-state index < -0.39 is 6.17 Å². The van der Waals surface area contributed by atoms with Crippen molar-refractivity contribution in [2.24, 2.45) is 28.6 Å². The average molecular weight is 411 g/mol. The molecule has 0 heterocycles. The molecule has 3 saturated carbocycles. The summed E-state index contributed by atoms with van der Waals surface area (Å²) in [6, 6.07) is 9.09. The predicted molar refractivity (Wildman–Crippen MR) is 113 cm³/mol. The number of fused-ring (bicyclic) bond motifs is 5. The van der Waals surface area contributed by atoms with E-state index in [9.17, 15) is 9.59 Å². The number of halogens is 1. The molecule has 0 spiro atoms. The lowest BCUT2D eigenvalue weighted by atomic mass is 9.47. The SMILES string of the molecule is C[C@]12CCC(=O)C=C1CC[C@@H]1[C@H]2C(F)C[C@]2(C)C(OC(=O)c3ccccc3)CC[C@@H]12. The molecule has 4 aliphatic rings. The van der Waals surface area contributed by atoms with Crippen LogP contribution in [0.4, 0.5) is 4.39 Å². The molecular weight excluding hydrogens is 379 g/mol. The molecule has 1 aromatic carbocycles. The molecule has 0 aliphatic heterocycles. The fraction of sp³-hybridized carbons (Fsp3) is 0.615. The van der Waals surface area contributed by atoms with Gasteiger partial charge in [0.2, 0.25) is 0 Å². The Balaban J connectivity index is 1.41. The zero-order valence-electron chi connectivity index (χ0n) is 17.9. The highest BCUT2D eigenvalue weighted by atomic mass is 19.1. The molecular formula is C26H31FO3. The van der Waals surface area contributed by atoms with Crippen molar-refractivity contribution < 1.29 is 18.7 Å². The van der Waals surface area contributed by atoms with Crippen LogP contribution in [0.5, 0.6) is 0 Å². The van der Waals surface area contributed by atoms with Crippen LogP contribution in [0.25, 0.3) is 0 Å². The lowest BCUT2D eigenvalue weighted by molar-refractivity contribution is -0.126. The first-order chi connectivity index (χ1) is 14.3.